The molecule has 3 aliphatic heterocycles. The van der Waals surface area contributed by atoms with E-state index in [1.54, 1.807) is 20.2 Å². The van der Waals surface area contributed by atoms with Crippen molar-refractivity contribution < 1.29 is 39.1 Å². The molecule has 6 bridgehead atoms. The first-order chi connectivity index (χ1) is 38.9. The fourth-order valence-corrected chi connectivity index (χ4v) is 21.1. The summed E-state index contributed by atoms with van der Waals surface area (Å²) in [4.78, 5) is 20.7. The van der Waals surface area contributed by atoms with Crippen molar-refractivity contribution in [1.29, 1.82) is 0 Å². The molecular formula is C68H90N4O8. The second-order valence-electron chi connectivity index (χ2n) is 27.7. The molecule has 1 saturated heterocycles. The molecule has 80 heavy (non-hydrogen) atoms. The Bertz CT molecular complexity index is 2880. The summed E-state index contributed by atoms with van der Waals surface area (Å²) in [6.45, 7) is 3.16. The smallest absolute Gasteiger partial charge is 0.207 e. The lowest BCUT2D eigenvalue weighted by atomic mass is 9.45. The fraction of sp³-hybridized carbons (Fsp3) is 0.706. The van der Waals surface area contributed by atoms with Crippen molar-refractivity contribution in [2.45, 2.75) is 184 Å². The van der Waals surface area contributed by atoms with Gasteiger partial charge in [0.2, 0.25) is 11.7 Å². The molecule has 2 spiro atoms. The number of allylic oxidation sites excluding steroid dienone is 2. The van der Waals surface area contributed by atoms with E-state index in [0.29, 0.717) is 90.4 Å². The lowest BCUT2D eigenvalue weighted by Gasteiger charge is -2.59. The zero-order valence-electron chi connectivity index (χ0n) is 48.3. The molecule has 2 aromatic rings. The third-order valence-corrected chi connectivity index (χ3v) is 24.1. The van der Waals surface area contributed by atoms with Crippen molar-refractivity contribution in [3.8, 4) is 47.0 Å². The van der Waals surface area contributed by atoms with Crippen molar-refractivity contribution in [2.24, 2.45) is 86.8 Å². The number of methoxy groups -OCH3 is 1. The number of ether oxygens (including phenoxy) is 4. The highest BCUT2D eigenvalue weighted by molar-refractivity contribution is 5.97. The Morgan fingerprint density at radius 2 is 1.82 bits per heavy atom. The van der Waals surface area contributed by atoms with Gasteiger partial charge in [0, 0.05) is 61.8 Å². The first kappa shape index (κ1) is 54.5. The summed E-state index contributed by atoms with van der Waals surface area (Å²) < 4.78 is 27.5. The Hall–Kier alpha value is -4.72. The number of phenols is 1. The standard InChI is InChI=1S/C68H90N4O8/c1-5-42-17-21-49-50(14-10-29-73)52-15-8-27-67(52)48-34-56(72-63(70-3)71-28-9-13-47-12-7-26-66(47,61(75)24-22-53(67)51(49)31-42)36-43-18-23-57(74)59(32-43)77-4)62-60(35-48)79-65(41-69-2)38-55-44(25-30-78-62)19-20-46-37-64(55,39-65)40-68(76)54(46)33-45-11-6-16-58(45)80-68/h18,22-24,32,34-35,42,44-47,49-55,58,69,73-74,76H,5-8,10-17,19-21,26-27,29,31,33,36-41H2,1-4H3,(H2,70,71,72)/b24-22+/t42-,44+,45+,46+,47+,49-,50-,51+,52-,53+,54+,55-,58+,64-,65-,66-,67+,68-/m0/s1. The minimum absolute atomic E-state index is 0.0117. The SMILES string of the molecule is CC[C@H]1CC[C@@H]2[C@@H](C1)[C@H]1/C=C/C(=O)[C@]3(Cc4ccc(O)c(OC)c4)CCC[C@@H]3CC#CNC(=NC)Nc3cc(cc4c3OC#C[C@H]3CC[C@@H]5C[C@]6(C[C@](CNC)(C[C@@H]36)O4)C[C@]3(O)O[C@@H]4CCC[C@@H]4C[C@H]53)[C@@]13CCC[C@H]3[C@H]2CCCO. The van der Waals surface area contributed by atoms with Crippen LogP contribution in [0.4, 0.5) is 5.69 Å². The predicted molar refractivity (Wildman–Crippen MR) is 310 cm³/mol. The van der Waals surface area contributed by atoms with E-state index >= 15 is 4.79 Å². The minimum Gasteiger partial charge on any atom is -0.504 e. The number of hydrogen-bond acceptors (Lipinski definition) is 10. The van der Waals surface area contributed by atoms with Crippen molar-refractivity contribution >= 4 is 17.4 Å². The maximum atomic E-state index is 15.9. The second-order valence-corrected chi connectivity index (χ2v) is 27.7. The average Bonchev–Trinajstić information content (AvgIpc) is 4.36. The van der Waals surface area contributed by atoms with E-state index in [-0.39, 0.29) is 64.7 Å². The predicted octanol–water partition coefficient (Wildman–Crippen LogP) is 11.2. The summed E-state index contributed by atoms with van der Waals surface area (Å²) in [5.74, 6) is 12.0. The minimum atomic E-state index is -1.16. The van der Waals surface area contributed by atoms with Crippen LogP contribution in [0.3, 0.4) is 0 Å². The lowest BCUT2D eigenvalue weighted by molar-refractivity contribution is -0.332. The first-order valence-electron chi connectivity index (χ1n) is 31.7. The van der Waals surface area contributed by atoms with E-state index in [4.69, 9.17) is 23.9 Å². The number of benzene rings is 2. The van der Waals surface area contributed by atoms with E-state index in [9.17, 15) is 15.3 Å². The van der Waals surface area contributed by atoms with E-state index in [0.717, 1.165) is 120 Å². The lowest BCUT2D eigenvalue weighted by Crippen LogP contribution is -2.59. The number of likely N-dealkylation sites (N-methyl/N-ethyl adjacent to an activating group) is 1. The zero-order valence-corrected chi connectivity index (χ0v) is 48.3. The van der Waals surface area contributed by atoms with E-state index in [1.165, 1.54) is 31.2 Å². The molecular weight excluding hydrogens is 1000 g/mol. The van der Waals surface area contributed by atoms with Gasteiger partial charge in [-0.25, -0.2) is 0 Å². The van der Waals surface area contributed by atoms with Gasteiger partial charge < -0.3 is 44.9 Å². The number of phenolic OH excluding ortho intramolecular Hbond substituents is 1. The van der Waals surface area contributed by atoms with Crippen molar-refractivity contribution in [1.82, 2.24) is 10.6 Å². The summed E-state index contributed by atoms with van der Waals surface area (Å²) in [7, 11) is 5.40. The van der Waals surface area contributed by atoms with Crippen LogP contribution in [0.2, 0.25) is 0 Å². The van der Waals surface area contributed by atoms with Gasteiger partial charge in [0.1, 0.15) is 11.7 Å². The van der Waals surface area contributed by atoms with Crippen LogP contribution in [0.15, 0.2) is 47.5 Å². The van der Waals surface area contributed by atoms with Crippen LogP contribution >= 0.6 is 0 Å². The normalized spacial score (nSPS) is 42.9. The number of aliphatic hydroxyl groups excluding tert-OH is 1. The molecule has 0 radical (unpaired) electrons. The molecule has 0 amide bonds. The Morgan fingerprint density at radius 3 is 2.66 bits per heavy atom. The molecule has 13 rings (SSSR count). The van der Waals surface area contributed by atoms with Gasteiger partial charge in [0.15, 0.2) is 28.8 Å². The van der Waals surface area contributed by atoms with Crippen LogP contribution in [0, 0.1) is 106 Å². The van der Waals surface area contributed by atoms with E-state index < -0.39 is 16.8 Å². The third kappa shape index (κ3) is 9.09. The van der Waals surface area contributed by atoms with E-state index in [1.807, 2.05) is 25.3 Å². The fourth-order valence-electron chi connectivity index (χ4n) is 21.1. The number of anilines is 1. The number of fused-ring (bicyclic) bond motifs is 12. The maximum Gasteiger partial charge on any atom is 0.207 e. The van der Waals surface area contributed by atoms with Crippen molar-refractivity contribution in [3.05, 3.63) is 53.6 Å². The number of rotatable bonds is 9. The molecule has 12 nitrogen and oxygen atoms in total. The van der Waals surface area contributed by atoms with Gasteiger partial charge in [0.25, 0.3) is 0 Å². The molecule has 6 N–H and O–H groups in total. The molecule has 3 heterocycles. The van der Waals surface area contributed by atoms with Crippen molar-refractivity contribution in [2.75, 3.05) is 39.7 Å². The molecule has 12 heteroatoms. The van der Waals surface area contributed by atoms with Gasteiger partial charge in [0.05, 0.1) is 18.9 Å². The van der Waals surface area contributed by atoms with Gasteiger partial charge in [-0.3, -0.25) is 15.1 Å². The zero-order chi connectivity index (χ0) is 55.0. The van der Waals surface area contributed by atoms with Crippen LogP contribution in [-0.2, 0) is 21.4 Å². The Morgan fingerprint density at radius 1 is 0.938 bits per heavy atom. The number of ketones is 1. The van der Waals surface area contributed by atoms with Crippen LogP contribution in [0.5, 0.6) is 23.0 Å². The number of aromatic hydroxyl groups is 1. The number of hydrogen-bond donors (Lipinski definition) is 6. The second kappa shape index (κ2) is 21.5. The highest BCUT2D eigenvalue weighted by Crippen LogP contribution is 2.70. The van der Waals surface area contributed by atoms with Crippen LogP contribution in [0.1, 0.15) is 166 Å². The van der Waals surface area contributed by atoms with Gasteiger partial charge in [-0.15, -0.1) is 0 Å². The van der Waals surface area contributed by atoms with Gasteiger partial charge in [-0.05, 0) is 222 Å². The van der Waals surface area contributed by atoms with Crippen LogP contribution in [0.25, 0.3) is 0 Å². The number of guanidine groups is 1. The Balaban J connectivity index is 0.979. The van der Waals surface area contributed by atoms with Crippen LogP contribution in [-0.4, -0.2) is 78.9 Å². The molecule has 0 aromatic heterocycles. The monoisotopic (exact) mass is 1090 g/mol. The molecule has 430 valence electrons. The maximum absolute atomic E-state index is 15.9. The average molecular weight is 1090 g/mol. The van der Waals surface area contributed by atoms with Gasteiger partial charge in [-0.1, -0.05) is 63.0 Å². The number of nitrogens with zero attached hydrogens (tertiary/aromatic N) is 1. The quantitative estimate of drug-likeness (QED) is 0.133. The third-order valence-electron chi connectivity index (χ3n) is 24.1. The Labute approximate surface area is 476 Å². The molecule has 11 aliphatic rings. The Kier molecular flexibility index (Phi) is 14.6. The number of carbonyl (C=O) groups excluding carboxylic acids is 1. The summed E-state index contributed by atoms with van der Waals surface area (Å²) in [5, 5.41) is 45.1. The molecule has 18 atom stereocenters. The highest BCUT2D eigenvalue weighted by Gasteiger charge is 2.68. The largest absolute Gasteiger partial charge is 0.504 e. The molecule has 0 unspecified atom stereocenters. The molecule has 2 aromatic carbocycles. The summed E-state index contributed by atoms with van der Waals surface area (Å²) >= 11 is 0. The number of carbonyl (C=O) groups is 1. The summed E-state index contributed by atoms with van der Waals surface area (Å²) in [6, 6.07) is 13.5. The topological polar surface area (TPSA) is 163 Å². The molecule has 9 fully saturated rings. The van der Waals surface area contributed by atoms with Gasteiger partial charge >= 0.3 is 0 Å². The molecule has 8 saturated carbocycles. The van der Waals surface area contributed by atoms with Crippen molar-refractivity contribution in [3.63, 3.8) is 0 Å². The summed E-state index contributed by atoms with van der Waals surface area (Å²) in [5.41, 5.74) is 0.933. The van der Waals surface area contributed by atoms with Gasteiger partial charge in [-0.2, -0.15) is 0 Å². The number of aliphatic imine (C=N–C) groups is 1. The summed E-state index contributed by atoms with van der Waals surface area (Å²) in [6.07, 6.45) is 30.8. The van der Waals surface area contributed by atoms with Crippen LogP contribution < -0.4 is 30.2 Å². The number of nitrogens with one attached hydrogen (secondary N) is 3. The molecule has 8 aliphatic carbocycles. The first-order valence-corrected chi connectivity index (χ1v) is 31.7. The van der Waals surface area contributed by atoms with E-state index in [2.05, 4.69) is 65.1 Å². The number of aliphatic hydroxyl groups is 2. The highest BCUT2D eigenvalue weighted by atomic mass is 16.6.